The minimum Gasteiger partial charge on any atom is -0.467 e. The molecule has 0 spiro atoms. The van der Waals surface area contributed by atoms with Gasteiger partial charge in [0.25, 0.3) is 5.91 Å². The molecule has 2 aliphatic rings. The minimum absolute atomic E-state index is 0.0611. The number of amides is 1. The molecule has 5 nitrogen and oxygen atoms in total. The van der Waals surface area contributed by atoms with Crippen molar-refractivity contribution in [2.24, 2.45) is 4.99 Å². The molecule has 1 aliphatic carbocycles. The lowest BCUT2D eigenvalue weighted by molar-refractivity contribution is 0.0948. The lowest BCUT2D eigenvalue weighted by Crippen LogP contribution is -2.23. The predicted octanol–water partition coefficient (Wildman–Crippen LogP) is 5.81. The van der Waals surface area contributed by atoms with Crippen molar-refractivity contribution in [3.05, 3.63) is 69.5 Å². The zero-order valence-electron chi connectivity index (χ0n) is 18.5. The number of thiophene rings is 1. The van der Waals surface area contributed by atoms with E-state index >= 15 is 0 Å². The lowest BCUT2D eigenvalue weighted by atomic mass is 9.95. The maximum atomic E-state index is 13.1. The first-order chi connectivity index (χ1) is 15.7. The van der Waals surface area contributed by atoms with Gasteiger partial charge in [-0.3, -0.25) is 4.79 Å². The fourth-order valence-electron chi connectivity index (χ4n) is 4.65. The first kappa shape index (κ1) is 21.0. The standard InChI is InChI=1S/C26H29N3O2S/c1-18-15-20(29-12-4-5-13-29)11-10-19(18)16-28-26-24(22-8-2-3-9-23(22)32-26)25(30)27-17-21-7-6-14-31-21/h6-7,10-11,14-16H,2-5,8-9,12-13,17H2,1H3,(H,27,30). The topological polar surface area (TPSA) is 57.8 Å². The Morgan fingerprint density at radius 1 is 1.19 bits per heavy atom. The Labute approximate surface area is 193 Å². The van der Waals surface area contributed by atoms with Crippen LogP contribution in [0.3, 0.4) is 0 Å². The van der Waals surface area contributed by atoms with Gasteiger partial charge in [-0.15, -0.1) is 11.3 Å². The molecule has 0 unspecified atom stereocenters. The highest BCUT2D eigenvalue weighted by molar-refractivity contribution is 7.16. The molecule has 1 amide bonds. The monoisotopic (exact) mass is 447 g/mol. The van der Waals surface area contributed by atoms with E-state index in [1.807, 2.05) is 18.3 Å². The molecule has 1 aliphatic heterocycles. The van der Waals surface area contributed by atoms with Crippen molar-refractivity contribution in [1.29, 1.82) is 0 Å². The molecule has 166 valence electrons. The molecule has 0 saturated carbocycles. The highest BCUT2D eigenvalue weighted by atomic mass is 32.1. The van der Waals surface area contributed by atoms with Gasteiger partial charge in [0, 0.05) is 29.9 Å². The average Bonchev–Trinajstić information content (AvgIpc) is 3.57. The summed E-state index contributed by atoms with van der Waals surface area (Å²) in [5.74, 6) is 0.690. The number of nitrogens with zero attached hydrogens (tertiary/aromatic N) is 2. The Morgan fingerprint density at radius 2 is 2.03 bits per heavy atom. The minimum atomic E-state index is -0.0611. The van der Waals surface area contributed by atoms with E-state index < -0.39 is 0 Å². The number of hydrogen-bond acceptors (Lipinski definition) is 5. The summed E-state index contributed by atoms with van der Waals surface area (Å²) in [7, 11) is 0. The number of carbonyl (C=O) groups excluding carboxylic acids is 1. The zero-order chi connectivity index (χ0) is 21.9. The molecule has 6 heteroatoms. The van der Waals surface area contributed by atoms with Crippen LogP contribution in [-0.2, 0) is 19.4 Å². The quantitative estimate of drug-likeness (QED) is 0.485. The number of aliphatic imine (C=N–C) groups is 1. The van der Waals surface area contributed by atoms with E-state index in [4.69, 9.17) is 9.41 Å². The number of benzene rings is 1. The summed E-state index contributed by atoms with van der Waals surface area (Å²) in [5, 5.41) is 3.84. The summed E-state index contributed by atoms with van der Waals surface area (Å²) >= 11 is 1.67. The zero-order valence-corrected chi connectivity index (χ0v) is 19.3. The van der Waals surface area contributed by atoms with Crippen molar-refractivity contribution in [3.8, 4) is 0 Å². The van der Waals surface area contributed by atoms with Crippen LogP contribution < -0.4 is 10.2 Å². The Hall–Kier alpha value is -2.86. The first-order valence-corrected chi connectivity index (χ1v) is 12.4. The van der Waals surface area contributed by atoms with Gasteiger partial charge in [0.1, 0.15) is 10.8 Å². The predicted molar refractivity (Wildman–Crippen MR) is 131 cm³/mol. The summed E-state index contributed by atoms with van der Waals surface area (Å²) in [5.41, 5.74) is 5.54. The number of fused-ring (bicyclic) bond motifs is 1. The van der Waals surface area contributed by atoms with E-state index in [1.54, 1.807) is 17.6 Å². The Balaban J connectivity index is 1.39. The van der Waals surface area contributed by atoms with E-state index in [2.05, 4.69) is 35.3 Å². The molecule has 1 N–H and O–H groups in total. The fraction of sp³-hybridized carbons (Fsp3) is 0.385. The van der Waals surface area contributed by atoms with Crippen LogP contribution in [0.5, 0.6) is 0 Å². The summed E-state index contributed by atoms with van der Waals surface area (Å²) in [4.78, 5) is 21.7. The number of nitrogens with one attached hydrogen (secondary N) is 1. The summed E-state index contributed by atoms with van der Waals surface area (Å²) < 4.78 is 5.36. The number of furan rings is 1. The molecular weight excluding hydrogens is 418 g/mol. The average molecular weight is 448 g/mol. The third-order valence-corrected chi connectivity index (χ3v) is 7.63. The second-order valence-electron chi connectivity index (χ2n) is 8.65. The van der Waals surface area contributed by atoms with Crippen LogP contribution in [0.1, 0.15) is 63.4 Å². The molecule has 0 bridgehead atoms. The van der Waals surface area contributed by atoms with E-state index in [1.165, 1.54) is 41.0 Å². The van der Waals surface area contributed by atoms with Gasteiger partial charge in [0.2, 0.25) is 0 Å². The molecular formula is C26H29N3O2S. The number of anilines is 1. The van der Waals surface area contributed by atoms with Crippen molar-refractivity contribution in [2.45, 2.75) is 52.0 Å². The van der Waals surface area contributed by atoms with E-state index in [9.17, 15) is 4.79 Å². The Bertz CT molecular complexity index is 1120. The smallest absolute Gasteiger partial charge is 0.255 e. The largest absolute Gasteiger partial charge is 0.467 e. The van der Waals surface area contributed by atoms with Gasteiger partial charge < -0.3 is 14.6 Å². The van der Waals surface area contributed by atoms with Gasteiger partial charge >= 0.3 is 0 Å². The maximum Gasteiger partial charge on any atom is 0.255 e. The normalized spacial score (nSPS) is 16.0. The fourth-order valence-corrected chi connectivity index (χ4v) is 5.88. The van der Waals surface area contributed by atoms with Crippen molar-refractivity contribution in [3.63, 3.8) is 0 Å². The third kappa shape index (κ3) is 4.37. The summed E-state index contributed by atoms with van der Waals surface area (Å²) in [6.45, 7) is 4.81. The van der Waals surface area contributed by atoms with Crippen molar-refractivity contribution >= 4 is 34.1 Å². The number of hydrogen-bond donors (Lipinski definition) is 1. The number of rotatable bonds is 6. The van der Waals surface area contributed by atoms with Gasteiger partial charge in [0.15, 0.2) is 0 Å². The Kier molecular flexibility index (Phi) is 6.12. The highest BCUT2D eigenvalue weighted by Crippen LogP contribution is 2.40. The molecule has 2 aromatic heterocycles. The van der Waals surface area contributed by atoms with Crippen LogP contribution in [0.2, 0.25) is 0 Å². The summed E-state index contributed by atoms with van der Waals surface area (Å²) in [6.07, 6.45) is 10.4. The van der Waals surface area contributed by atoms with Gasteiger partial charge in [-0.1, -0.05) is 6.07 Å². The molecule has 0 atom stereocenters. The van der Waals surface area contributed by atoms with Crippen LogP contribution in [-0.4, -0.2) is 25.2 Å². The van der Waals surface area contributed by atoms with E-state index in [0.717, 1.165) is 54.2 Å². The van der Waals surface area contributed by atoms with E-state index in [-0.39, 0.29) is 5.91 Å². The highest BCUT2D eigenvalue weighted by Gasteiger charge is 2.25. The van der Waals surface area contributed by atoms with Gasteiger partial charge in [0.05, 0.1) is 18.4 Å². The van der Waals surface area contributed by atoms with Gasteiger partial charge in [-0.2, -0.15) is 0 Å². The van der Waals surface area contributed by atoms with Gasteiger partial charge in [-0.25, -0.2) is 4.99 Å². The molecule has 0 radical (unpaired) electrons. The molecule has 3 heterocycles. The number of aryl methyl sites for hydroxylation is 2. The Morgan fingerprint density at radius 3 is 2.81 bits per heavy atom. The number of carbonyl (C=O) groups is 1. The van der Waals surface area contributed by atoms with Crippen LogP contribution >= 0.6 is 11.3 Å². The van der Waals surface area contributed by atoms with Crippen LogP contribution in [0.4, 0.5) is 10.7 Å². The SMILES string of the molecule is Cc1cc(N2CCCC2)ccc1C=Nc1sc2c(c1C(=O)NCc1ccco1)CCCC2. The van der Waals surface area contributed by atoms with Crippen LogP contribution in [0, 0.1) is 6.92 Å². The molecule has 1 fully saturated rings. The van der Waals surface area contributed by atoms with Crippen LogP contribution in [0.15, 0.2) is 46.0 Å². The summed E-state index contributed by atoms with van der Waals surface area (Å²) in [6, 6.07) is 10.3. The van der Waals surface area contributed by atoms with Crippen molar-refractivity contribution in [1.82, 2.24) is 5.32 Å². The third-order valence-electron chi connectivity index (χ3n) is 6.43. The van der Waals surface area contributed by atoms with Crippen molar-refractivity contribution < 1.29 is 9.21 Å². The second kappa shape index (κ2) is 9.33. The van der Waals surface area contributed by atoms with E-state index in [0.29, 0.717) is 6.54 Å². The first-order valence-electron chi connectivity index (χ1n) is 11.5. The molecule has 3 aromatic rings. The lowest BCUT2D eigenvalue weighted by Gasteiger charge is -2.18. The molecule has 5 rings (SSSR count). The second-order valence-corrected chi connectivity index (χ2v) is 9.73. The molecule has 1 aromatic carbocycles. The van der Waals surface area contributed by atoms with Crippen molar-refractivity contribution in [2.75, 3.05) is 18.0 Å². The molecule has 32 heavy (non-hydrogen) atoms. The molecule has 1 saturated heterocycles. The van der Waals surface area contributed by atoms with Crippen LogP contribution in [0.25, 0.3) is 0 Å². The van der Waals surface area contributed by atoms with Gasteiger partial charge in [-0.05, 0) is 86.4 Å². The maximum absolute atomic E-state index is 13.1.